The van der Waals surface area contributed by atoms with Crippen molar-refractivity contribution in [3.8, 4) is 0 Å². The molecule has 0 bridgehead atoms. The van der Waals surface area contributed by atoms with Gasteiger partial charge in [-0.15, -0.1) is 0 Å². The van der Waals surface area contributed by atoms with E-state index in [1.165, 1.54) is 12.4 Å². The van der Waals surface area contributed by atoms with Crippen molar-refractivity contribution >= 4 is 40.7 Å². The van der Waals surface area contributed by atoms with Crippen LogP contribution in [0.4, 0.5) is 11.6 Å². The zero-order chi connectivity index (χ0) is 18.5. The van der Waals surface area contributed by atoms with Crippen LogP contribution in [0.3, 0.4) is 0 Å². The zero-order valence-corrected chi connectivity index (χ0v) is 15.4. The molecule has 1 aromatic heterocycles. The lowest BCUT2D eigenvalue weighted by Gasteiger charge is -2.14. The second-order valence-electron chi connectivity index (χ2n) is 5.62. The van der Waals surface area contributed by atoms with Gasteiger partial charge in [0.2, 0.25) is 5.95 Å². The van der Waals surface area contributed by atoms with Crippen LogP contribution in [0.5, 0.6) is 0 Å². The maximum atomic E-state index is 12.3. The number of anilines is 2. The fourth-order valence-corrected chi connectivity index (χ4v) is 2.83. The van der Waals surface area contributed by atoms with Gasteiger partial charge >= 0.3 is 0 Å². The van der Waals surface area contributed by atoms with Gasteiger partial charge in [0.15, 0.2) is 0 Å². The normalized spacial score (nSPS) is 11.7. The minimum absolute atomic E-state index is 0.0396. The van der Waals surface area contributed by atoms with Crippen LogP contribution in [0.1, 0.15) is 28.9 Å². The molecule has 1 atom stereocenters. The third kappa shape index (κ3) is 4.31. The molecule has 26 heavy (non-hydrogen) atoms. The Morgan fingerprint density at radius 1 is 0.962 bits per heavy atom. The zero-order valence-electron chi connectivity index (χ0n) is 13.9. The molecular formula is C19H16Cl2N4O. The molecule has 2 aromatic carbocycles. The number of carbonyl (C=O) groups excluding carboxylic acids is 1. The summed E-state index contributed by atoms with van der Waals surface area (Å²) in [6, 6.07) is 15.0. The van der Waals surface area contributed by atoms with Crippen molar-refractivity contribution in [1.29, 1.82) is 0 Å². The Labute approximate surface area is 161 Å². The van der Waals surface area contributed by atoms with Gasteiger partial charge in [-0.3, -0.25) is 4.79 Å². The summed E-state index contributed by atoms with van der Waals surface area (Å²) in [5.41, 5.74) is 1.78. The van der Waals surface area contributed by atoms with Crippen LogP contribution in [-0.2, 0) is 0 Å². The van der Waals surface area contributed by atoms with Gasteiger partial charge < -0.3 is 10.6 Å². The van der Waals surface area contributed by atoms with E-state index in [0.717, 1.165) is 5.56 Å². The van der Waals surface area contributed by atoms with Crippen molar-refractivity contribution < 1.29 is 4.79 Å². The van der Waals surface area contributed by atoms with Gasteiger partial charge in [0, 0.05) is 12.4 Å². The fraction of sp³-hybridized carbons (Fsp3) is 0.105. The quantitative estimate of drug-likeness (QED) is 0.631. The Hall–Kier alpha value is -2.63. The van der Waals surface area contributed by atoms with Crippen molar-refractivity contribution in [2.24, 2.45) is 0 Å². The predicted molar refractivity (Wildman–Crippen MR) is 105 cm³/mol. The molecule has 5 nitrogen and oxygen atoms in total. The van der Waals surface area contributed by atoms with E-state index in [-0.39, 0.29) is 11.9 Å². The highest BCUT2D eigenvalue weighted by molar-refractivity contribution is 6.40. The minimum Gasteiger partial charge on any atom is -0.348 e. The molecule has 0 aliphatic rings. The first kappa shape index (κ1) is 18.2. The average molecular weight is 387 g/mol. The van der Waals surface area contributed by atoms with Crippen LogP contribution >= 0.6 is 23.2 Å². The maximum Gasteiger partial charge on any atom is 0.258 e. The van der Waals surface area contributed by atoms with Gasteiger partial charge in [0.05, 0.1) is 27.3 Å². The van der Waals surface area contributed by atoms with Gasteiger partial charge in [0.25, 0.3) is 5.91 Å². The number of benzene rings is 2. The largest absolute Gasteiger partial charge is 0.348 e. The first-order chi connectivity index (χ1) is 12.5. The molecule has 0 saturated heterocycles. The van der Waals surface area contributed by atoms with E-state index in [0.29, 0.717) is 27.2 Å². The SMILES string of the molecule is CC(Nc1ncc(C(=O)Nc2c(Cl)cccc2Cl)cn1)c1ccccc1. The first-order valence-electron chi connectivity index (χ1n) is 7.93. The number of nitrogens with one attached hydrogen (secondary N) is 2. The molecule has 0 saturated carbocycles. The summed E-state index contributed by atoms with van der Waals surface area (Å²) in [7, 11) is 0. The number of amides is 1. The van der Waals surface area contributed by atoms with Crippen LogP contribution < -0.4 is 10.6 Å². The topological polar surface area (TPSA) is 66.9 Å². The molecule has 1 amide bonds. The van der Waals surface area contributed by atoms with E-state index >= 15 is 0 Å². The van der Waals surface area contributed by atoms with Crippen LogP contribution in [0.25, 0.3) is 0 Å². The Morgan fingerprint density at radius 2 is 1.58 bits per heavy atom. The highest BCUT2D eigenvalue weighted by atomic mass is 35.5. The van der Waals surface area contributed by atoms with E-state index in [1.54, 1.807) is 18.2 Å². The van der Waals surface area contributed by atoms with Crippen molar-refractivity contribution in [2.45, 2.75) is 13.0 Å². The molecule has 0 spiro atoms. The number of aromatic nitrogens is 2. The van der Waals surface area contributed by atoms with Crippen LogP contribution in [0, 0.1) is 0 Å². The third-order valence-electron chi connectivity index (χ3n) is 3.76. The number of carbonyl (C=O) groups is 1. The molecule has 132 valence electrons. The number of para-hydroxylation sites is 1. The van der Waals surface area contributed by atoms with Gasteiger partial charge in [-0.1, -0.05) is 59.6 Å². The van der Waals surface area contributed by atoms with Crippen LogP contribution in [-0.4, -0.2) is 15.9 Å². The average Bonchev–Trinajstić information content (AvgIpc) is 2.66. The van der Waals surface area contributed by atoms with Gasteiger partial charge in [-0.25, -0.2) is 9.97 Å². The summed E-state index contributed by atoms with van der Waals surface area (Å²) in [5, 5.41) is 6.60. The summed E-state index contributed by atoms with van der Waals surface area (Å²) in [4.78, 5) is 20.8. The molecule has 0 aliphatic carbocycles. The number of nitrogens with zero attached hydrogens (tertiary/aromatic N) is 2. The van der Waals surface area contributed by atoms with Gasteiger partial charge in [-0.05, 0) is 24.6 Å². The Morgan fingerprint density at radius 3 is 2.19 bits per heavy atom. The summed E-state index contributed by atoms with van der Waals surface area (Å²) in [5.74, 6) is 0.0522. The third-order valence-corrected chi connectivity index (χ3v) is 4.39. The number of halogens is 2. The molecule has 7 heteroatoms. The van der Waals surface area contributed by atoms with Crippen molar-refractivity contribution in [1.82, 2.24) is 9.97 Å². The van der Waals surface area contributed by atoms with E-state index in [2.05, 4.69) is 20.6 Å². The molecule has 0 aliphatic heterocycles. The summed E-state index contributed by atoms with van der Waals surface area (Å²) in [6.07, 6.45) is 2.90. The van der Waals surface area contributed by atoms with E-state index in [9.17, 15) is 4.79 Å². The van der Waals surface area contributed by atoms with E-state index in [1.807, 2.05) is 37.3 Å². The fourth-order valence-electron chi connectivity index (χ4n) is 2.34. The van der Waals surface area contributed by atoms with Gasteiger partial charge in [-0.2, -0.15) is 0 Å². The maximum absolute atomic E-state index is 12.3. The molecule has 1 unspecified atom stereocenters. The van der Waals surface area contributed by atoms with Crippen LogP contribution in [0.2, 0.25) is 10.0 Å². The van der Waals surface area contributed by atoms with E-state index < -0.39 is 0 Å². The van der Waals surface area contributed by atoms with Crippen molar-refractivity contribution in [3.05, 3.63) is 82.1 Å². The second-order valence-corrected chi connectivity index (χ2v) is 6.44. The molecule has 1 heterocycles. The second kappa shape index (κ2) is 8.17. The molecular weight excluding hydrogens is 371 g/mol. The van der Waals surface area contributed by atoms with Gasteiger partial charge in [0.1, 0.15) is 0 Å². The highest BCUT2D eigenvalue weighted by Crippen LogP contribution is 2.30. The molecule has 2 N–H and O–H groups in total. The molecule has 0 radical (unpaired) electrons. The minimum atomic E-state index is -0.386. The lowest BCUT2D eigenvalue weighted by Crippen LogP contribution is -2.15. The van der Waals surface area contributed by atoms with E-state index in [4.69, 9.17) is 23.2 Å². The van der Waals surface area contributed by atoms with Crippen molar-refractivity contribution in [2.75, 3.05) is 10.6 Å². The Kier molecular flexibility index (Phi) is 5.71. The van der Waals surface area contributed by atoms with Crippen molar-refractivity contribution in [3.63, 3.8) is 0 Å². The highest BCUT2D eigenvalue weighted by Gasteiger charge is 2.13. The Bertz CT molecular complexity index is 881. The number of rotatable bonds is 5. The number of hydrogen-bond acceptors (Lipinski definition) is 4. The lowest BCUT2D eigenvalue weighted by molar-refractivity contribution is 0.102. The smallest absolute Gasteiger partial charge is 0.258 e. The monoisotopic (exact) mass is 386 g/mol. The predicted octanol–water partition coefficient (Wildman–Crippen LogP) is 5.21. The Balaban J connectivity index is 1.68. The summed E-state index contributed by atoms with van der Waals surface area (Å²) in [6.45, 7) is 2.01. The molecule has 0 fully saturated rings. The summed E-state index contributed by atoms with van der Waals surface area (Å²) >= 11 is 12.1. The first-order valence-corrected chi connectivity index (χ1v) is 8.69. The standard InChI is InChI=1S/C19H16Cl2N4O/c1-12(13-6-3-2-4-7-13)24-19-22-10-14(11-23-19)18(26)25-17-15(20)8-5-9-16(17)21/h2-12H,1H3,(H,25,26)(H,22,23,24). The molecule has 3 rings (SSSR count). The number of hydrogen-bond donors (Lipinski definition) is 2. The van der Waals surface area contributed by atoms with Crippen LogP contribution in [0.15, 0.2) is 60.9 Å². The lowest BCUT2D eigenvalue weighted by atomic mass is 10.1. The summed E-state index contributed by atoms with van der Waals surface area (Å²) < 4.78 is 0. The molecule has 3 aromatic rings.